The number of piperazine rings is 1. The van der Waals surface area contributed by atoms with Gasteiger partial charge < -0.3 is 20.5 Å². The molecule has 27 heavy (non-hydrogen) atoms. The maximum absolute atomic E-state index is 4.79. The van der Waals surface area contributed by atoms with E-state index < -0.39 is 0 Å². The van der Waals surface area contributed by atoms with Crippen LogP contribution in [0.25, 0.3) is 22.2 Å². The van der Waals surface area contributed by atoms with Crippen LogP contribution in [0.3, 0.4) is 0 Å². The summed E-state index contributed by atoms with van der Waals surface area (Å²) >= 11 is 0. The van der Waals surface area contributed by atoms with Gasteiger partial charge in [0, 0.05) is 49.5 Å². The summed E-state index contributed by atoms with van der Waals surface area (Å²) in [6.07, 6.45) is 7.12. The Morgan fingerprint density at radius 2 is 1.78 bits per heavy atom. The molecule has 0 bridgehead atoms. The number of rotatable bonds is 4. The van der Waals surface area contributed by atoms with Crippen LogP contribution in [0.1, 0.15) is 25.7 Å². The van der Waals surface area contributed by atoms with Crippen molar-refractivity contribution in [2.24, 2.45) is 0 Å². The second-order valence-corrected chi connectivity index (χ2v) is 7.70. The lowest BCUT2D eigenvalue weighted by Crippen LogP contribution is -2.43. The zero-order valence-electron chi connectivity index (χ0n) is 15.7. The molecule has 3 heterocycles. The summed E-state index contributed by atoms with van der Waals surface area (Å²) in [6.45, 7) is 4.27. The van der Waals surface area contributed by atoms with Crippen LogP contribution < -0.4 is 15.5 Å². The molecule has 2 fully saturated rings. The molecule has 0 atom stereocenters. The molecule has 1 saturated heterocycles. The van der Waals surface area contributed by atoms with Crippen LogP contribution in [-0.2, 0) is 0 Å². The van der Waals surface area contributed by atoms with Crippen molar-refractivity contribution in [2.45, 2.75) is 31.7 Å². The highest BCUT2D eigenvalue weighted by atomic mass is 15.2. The second-order valence-electron chi connectivity index (χ2n) is 7.70. The number of aromatic nitrogens is 2. The number of H-pyrrole nitrogens is 1. The maximum Gasteiger partial charge on any atom is 0.140 e. The summed E-state index contributed by atoms with van der Waals surface area (Å²) in [6, 6.07) is 13.9. The summed E-state index contributed by atoms with van der Waals surface area (Å²) < 4.78 is 0. The molecule has 0 spiro atoms. The predicted molar refractivity (Wildman–Crippen MR) is 112 cm³/mol. The Kier molecular flexibility index (Phi) is 4.46. The largest absolute Gasteiger partial charge is 0.369 e. The maximum atomic E-state index is 4.79. The van der Waals surface area contributed by atoms with Crippen LogP contribution in [-0.4, -0.2) is 42.2 Å². The van der Waals surface area contributed by atoms with Gasteiger partial charge in [0.1, 0.15) is 11.5 Å². The van der Waals surface area contributed by atoms with Gasteiger partial charge in [-0.15, -0.1) is 0 Å². The smallest absolute Gasteiger partial charge is 0.140 e. The van der Waals surface area contributed by atoms with Gasteiger partial charge in [-0.05, 0) is 48.2 Å². The third-order valence-corrected chi connectivity index (χ3v) is 5.90. The number of aromatic amines is 1. The molecule has 5 rings (SSSR count). The topological polar surface area (TPSA) is 56.0 Å². The number of benzene rings is 1. The minimum Gasteiger partial charge on any atom is -0.369 e. The van der Waals surface area contributed by atoms with E-state index in [1.165, 1.54) is 47.9 Å². The van der Waals surface area contributed by atoms with Crippen LogP contribution in [0.5, 0.6) is 0 Å². The molecule has 2 aliphatic rings. The molecule has 3 N–H and O–H groups in total. The van der Waals surface area contributed by atoms with Crippen molar-refractivity contribution < 1.29 is 0 Å². The van der Waals surface area contributed by atoms with Crippen molar-refractivity contribution >= 4 is 22.5 Å². The SMILES string of the molecule is c1cc2c(-c3ccc(N4CCNCC4)cc3)cc(NC3CCCC3)nc2[nH]1. The van der Waals surface area contributed by atoms with E-state index in [9.17, 15) is 0 Å². The number of pyridine rings is 1. The van der Waals surface area contributed by atoms with Crippen molar-refractivity contribution in [2.75, 3.05) is 36.4 Å². The molecular formula is C22H27N5. The quantitative estimate of drug-likeness (QED) is 0.658. The van der Waals surface area contributed by atoms with E-state index >= 15 is 0 Å². The monoisotopic (exact) mass is 361 g/mol. The first-order chi connectivity index (χ1) is 13.4. The highest BCUT2D eigenvalue weighted by Crippen LogP contribution is 2.32. The third-order valence-electron chi connectivity index (χ3n) is 5.90. The van der Waals surface area contributed by atoms with Crippen molar-refractivity contribution in [3.05, 3.63) is 42.6 Å². The average Bonchev–Trinajstić information content (AvgIpc) is 3.40. The van der Waals surface area contributed by atoms with Gasteiger partial charge in [0.15, 0.2) is 0 Å². The molecule has 1 aliphatic heterocycles. The minimum absolute atomic E-state index is 0.563. The number of nitrogens with zero attached hydrogens (tertiary/aromatic N) is 2. The molecule has 140 valence electrons. The number of fused-ring (bicyclic) bond motifs is 1. The lowest BCUT2D eigenvalue weighted by atomic mass is 10.0. The van der Waals surface area contributed by atoms with E-state index in [1.807, 2.05) is 6.20 Å². The zero-order valence-corrected chi connectivity index (χ0v) is 15.7. The number of anilines is 2. The molecule has 1 saturated carbocycles. The Morgan fingerprint density at radius 1 is 1.00 bits per heavy atom. The Labute approximate surface area is 160 Å². The number of nitrogens with one attached hydrogen (secondary N) is 3. The molecule has 3 aromatic rings. The summed E-state index contributed by atoms with van der Waals surface area (Å²) in [5.74, 6) is 0.984. The van der Waals surface area contributed by atoms with Crippen LogP contribution in [0.2, 0.25) is 0 Å². The third kappa shape index (κ3) is 3.39. The Hall–Kier alpha value is -2.53. The summed E-state index contributed by atoms with van der Waals surface area (Å²) in [4.78, 5) is 10.5. The zero-order chi connectivity index (χ0) is 18.1. The van der Waals surface area contributed by atoms with Crippen molar-refractivity contribution in [3.63, 3.8) is 0 Å². The van der Waals surface area contributed by atoms with Crippen LogP contribution in [0, 0.1) is 0 Å². The molecule has 0 unspecified atom stereocenters. The first-order valence-electron chi connectivity index (χ1n) is 10.2. The van der Waals surface area contributed by atoms with Crippen LogP contribution in [0.15, 0.2) is 42.6 Å². The molecule has 2 aromatic heterocycles. The molecule has 1 aliphatic carbocycles. The van der Waals surface area contributed by atoms with Crippen LogP contribution in [0.4, 0.5) is 11.5 Å². The molecule has 5 nitrogen and oxygen atoms in total. The molecule has 0 amide bonds. The first kappa shape index (κ1) is 16.6. The van der Waals surface area contributed by atoms with Crippen molar-refractivity contribution in [3.8, 4) is 11.1 Å². The molecule has 5 heteroatoms. The van der Waals surface area contributed by atoms with Crippen molar-refractivity contribution in [1.82, 2.24) is 15.3 Å². The van der Waals surface area contributed by atoms with E-state index in [1.54, 1.807) is 0 Å². The van der Waals surface area contributed by atoms with Gasteiger partial charge in [0.05, 0.1) is 0 Å². The summed E-state index contributed by atoms with van der Waals surface area (Å²) in [5.41, 5.74) is 4.76. The van der Waals surface area contributed by atoms with E-state index in [0.29, 0.717) is 6.04 Å². The summed E-state index contributed by atoms with van der Waals surface area (Å²) in [7, 11) is 0. The lowest BCUT2D eigenvalue weighted by Gasteiger charge is -2.29. The van der Waals surface area contributed by atoms with E-state index in [-0.39, 0.29) is 0 Å². The molecular weight excluding hydrogens is 334 g/mol. The van der Waals surface area contributed by atoms with Crippen LogP contribution >= 0.6 is 0 Å². The fourth-order valence-corrected chi connectivity index (χ4v) is 4.40. The second kappa shape index (κ2) is 7.24. The van der Waals surface area contributed by atoms with Gasteiger partial charge in [-0.25, -0.2) is 4.98 Å². The van der Waals surface area contributed by atoms with E-state index in [4.69, 9.17) is 4.98 Å². The van der Waals surface area contributed by atoms with Gasteiger partial charge in [-0.2, -0.15) is 0 Å². The van der Waals surface area contributed by atoms with Crippen molar-refractivity contribution in [1.29, 1.82) is 0 Å². The number of hydrogen-bond acceptors (Lipinski definition) is 4. The first-order valence-corrected chi connectivity index (χ1v) is 10.2. The molecule has 0 radical (unpaired) electrons. The Bertz CT molecular complexity index is 902. The predicted octanol–water partition coefficient (Wildman–Crippen LogP) is 3.99. The average molecular weight is 361 g/mol. The van der Waals surface area contributed by atoms with Gasteiger partial charge in [0.25, 0.3) is 0 Å². The normalized spacial score (nSPS) is 18.3. The van der Waals surface area contributed by atoms with Gasteiger partial charge in [-0.3, -0.25) is 0 Å². The summed E-state index contributed by atoms with van der Waals surface area (Å²) in [5, 5.41) is 8.25. The fraction of sp³-hybridized carbons (Fsp3) is 0.409. The highest BCUT2D eigenvalue weighted by molar-refractivity contribution is 5.95. The van der Waals surface area contributed by atoms with Gasteiger partial charge in [0.2, 0.25) is 0 Å². The lowest BCUT2D eigenvalue weighted by molar-refractivity contribution is 0.589. The highest BCUT2D eigenvalue weighted by Gasteiger charge is 2.17. The Morgan fingerprint density at radius 3 is 2.56 bits per heavy atom. The van der Waals surface area contributed by atoms with E-state index in [0.717, 1.165) is 37.6 Å². The van der Waals surface area contributed by atoms with Gasteiger partial charge in [-0.1, -0.05) is 25.0 Å². The minimum atomic E-state index is 0.563. The van der Waals surface area contributed by atoms with Gasteiger partial charge >= 0.3 is 0 Å². The van der Waals surface area contributed by atoms with E-state index in [2.05, 4.69) is 56.9 Å². The Balaban J connectivity index is 1.46. The fourth-order valence-electron chi connectivity index (χ4n) is 4.40. The number of hydrogen-bond donors (Lipinski definition) is 3. The standard InChI is InChI=1S/C22H27N5/c1-2-4-17(3-1)25-21-15-20(19-9-10-24-22(19)26-21)16-5-7-18(8-6-16)27-13-11-23-12-14-27/h5-10,15,17,23H,1-4,11-14H2,(H2,24,25,26). The molecule has 1 aromatic carbocycles.